The smallest absolute Gasteiger partial charge is 0.269 e. The lowest BCUT2D eigenvalue weighted by Gasteiger charge is -2.08. The Bertz CT molecular complexity index is 663. The number of non-ortho nitro benzene ring substituents is 1. The maximum Gasteiger partial charge on any atom is 0.269 e. The Morgan fingerprint density at radius 2 is 1.80 bits per heavy atom. The topological polar surface area (TPSA) is 72.2 Å². The average Bonchev–Trinajstić information content (AvgIpc) is 2.48. The van der Waals surface area contributed by atoms with Crippen LogP contribution in [0.1, 0.15) is 15.9 Å². The molecule has 2 aromatic rings. The normalized spacial score (nSPS) is 9.80. The molecule has 5 nitrogen and oxygen atoms in total. The highest BCUT2D eigenvalue weighted by atomic mass is 16.6. The van der Waals surface area contributed by atoms with Crippen LogP contribution in [0.3, 0.4) is 0 Å². The zero-order valence-electron chi connectivity index (χ0n) is 10.6. The number of nitrogens with zero attached hydrogens (tertiary/aromatic N) is 1. The monoisotopic (exact) mass is 268 g/mol. The molecule has 0 aliphatic rings. The van der Waals surface area contributed by atoms with E-state index in [0.717, 1.165) is 5.56 Å². The molecule has 2 rings (SSSR count). The van der Waals surface area contributed by atoms with Crippen LogP contribution in [-0.4, -0.2) is 10.8 Å². The summed E-state index contributed by atoms with van der Waals surface area (Å²) in [5, 5.41) is 13.3. The number of nitrogens with one attached hydrogen (secondary N) is 1. The Hall–Kier alpha value is -2.95. The van der Waals surface area contributed by atoms with Gasteiger partial charge in [-0.2, -0.15) is 0 Å². The Labute approximate surface area is 115 Å². The number of nitro benzene ring substituents is 1. The Morgan fingerprint density at radius 3 is 2.40 bits per heavy atom. The Balaban J connectivity index is 2.19. The van der Waals surface area contributed by atoms with E-state index in [1.54, 1.807) is 18.2 Å². The number of carbonyl (C=O) groups excluding carboxylic acids is 1. The minimum Gasteiger partial charge on any atom is -0.321 e. The zero-order valence-corrected chi connectivity index (χ0v) is 10.6. The predicted octanol–water partition coefficient (Wildman–Crippen LogP) is 3.49. The van der Waals surface area contributed by atoms with Crippen LogP contribution in [0.15, 0.2) is 55.1 Å². The third kappa shape index (κ3) is 2.89. The Morgan fingerprint density at radius 1 is 1.15 bits per heavy atom. The fraction of sp³-hybridized carbons (Fsp3) is 0. The van der Waals surface area contributed by atoms with Gasteiger partial charge in [-0.05, 0) is 23.8 Å². The van der Waals surface area contributed by atoms with Crippen LogP contribution in [-0.2, 0) is 0 Å². The van der Waals surface area contributed by atoms with Crippen LogP contribution in [0.5, 0.6) is 0 Å². The largest absolute Gasteiger partial charge is 0.321 e. The molecule has 0 fully saturated rings. The highest BCUT2D eigenvalue weighted by Crippen LogP contribution is 2.18. The van der Waals surface area contributed by atoms with Gasteiger partial charge in [0.05, 0.1) is 4.92 Å². The van der Waals surface area contributed by atoms with E-state index < -0.39 is 4.92 Å². The summed E-state index contributed by atoms with van der Waals surface area (Å²) in [4.78, 5) is 22.1. The van der Waals surface area contributed by atoms with Gasteiger partial charge in [-0.1, -0.05) is 30.9 Å². The molecule has 2 aromatic carbocycles. The summed E-state index contributed by atoms with van der Waals surface area (Å²) in [5.74, 6) is -0.325. The van der Waals surface area contributed by atoms with Crippen LogP contribution in [0, 0.1) is 10.1 Å². The number of hydrogen-bond donors (Lipinski definition) is 1. The van der Waals surface area contributed by atoms with Crippen molar-refractivity contribution in [2.24, 2.45) is 0 Å². The molecular weight excluding hydrogens is 256 g/mol. The predicted molar refractivity (Wildman–Crippen MR) is 77.6 cm³/mol. The SMILES string of the molecule is C=Cc1ccccc1NC(=O)c1ccc([N+](=O)[O-])cc1. The van der Waals surface area contributed by atoms with E-state index >= 15 is 0 Å². The first-order valence-corrected chi connectivity index (χ1v) is 5.89. The summed E-state index contributed by atoms with van der Waals surface area (Å²) in [5.41, 5.74) is 1.76. The first-order valence-electron chi connectivity index (χ1n) is 5.89. The summed E-state index contributed by atoms with van der Waals surface area (Å²) in [7, 11) is 0. The van der Waals surface area contributed by atoms with Crippen molar-refractivity contribution < 1.29 is 9.72 Å². The van der Waals surface area contributed by atoms with Gasteiger partial charge in [0.2, 0.25) is 0 Å². The lowest BCUT2D eigenvalue weighted by Crippen LogP contribution is -2.12. The molecule has 0 unspecified atom stereocenters. The second kappa shape index (κ2) is 5.79. The molecule has 0 heterocycles. The number of nitro groups is 1. The van der Waals surface area contributed by atoms with E-state index in [9.17, 15) is 14.9 Å². The lowest BCUT2D eigenvalue weighted by molar-refractivity contribution is -0.384. The molecule has 1 N–H and O–H groups in total. The number of hydrogen-bond acceptors (Lipinski definition) is 3. The van der Waals surface area contributed by atoms with Gasteiger partial charge < -0.3 is 5.32 Å². The molecule has 0 radical (unpaired) electrons. The molecule has 0 saturated carbocycles. The maximum absolute atomic E-state index is 12.0. The highest BCUT2D eigenvalue weighted by Gasteiger charge is 2.10. The number of amides is 1. The molecule has 0 aliphatic carbocycles. The molecule has 0 aromatic heterocycles. The lowest BCUT2D eigenvalue weighted by atomic mass is 10.1. The second-order valence-electron chi connectivity index (χ2n) is 4.05. The van der Waals surface area contributed by atoms with Crippen molar-refractivity contribution in [2.75, 3.05) is 5.32 Å². The van der Waals surface area contributed by atoms with E-state index in [1.165, 1.54) is 24.3 Å². The standard InChI is InChI=1S/C15H12N2O3/c1-2-11-5-3-4-6-14(11)16-15(18)12-7-9-13(10-8-12)17(19)20/h2-10H,1H2,(H,16,18). The van der Waals surface area contributed by atoms with Crippen molar-refractivity contribution in [3.8, 4) is 0 Å². The maximum atomic E-state index is 12.0. The third-order valence-corrected chi connectivity index (χ3v) is 2.77. The fourth-order valence-corrected chi connectivity index (χ4v) is 1.72. The van der Waals surface area contributed by atoms with Gasteiger partial charge in [0.1, 0.15) is 0 Å². The number of carbonyl (C=O) groups is 1. The molecule has 20 heavy (non-hydrogen) atoms. The second-order valence-corrected chi connectivity index (χ2v) is 4.05. The van der Waals surface area contributed by atoms with Gasteiger partial charge >= 0.3 is 0 Å². The molecule has 1 amide bonds. The fourth-order valence-electron chi connectivity index (χ4n) is 1.72. The van der Waals surface area contributed by atoms with E-state index in [4.69, 9.17) is 0 Å². The van der Waals surface area contributed by atoms with Gasteiger partial charge in [-0.3, -0.25) is 14.9 Å². The van der Waals surface area contributed by atoms with Crippen LogP contribution in [0.4, 0.5) is 11.4 Å². The van der Waals surface area contributed by atoms with Crippen molar-refractivity contribution >= 4 is 23.4 Å². The van der Waals surface area contributed by atoms with Crippen molar-refractivity contribution in [1.82, 2.24) is 0 Å². The molecule has 0 bridgehead atoms. The van der Waals surface area contributed by atoms with Gasteiger partial charge in [0.15, 0.2) is 0 Å². The van der Waals surface area contributed by atoms with Crippen LogP contribution >= 0.6 is 0 Å². The summed E-state index contributed by atoms with van der Waals surface area (Å²) in [6, 6.07) is 12.7. The van der Waals surface area contributed by atoms with Gasteiger partial charge in [0.25, 0.3) is 11.6 Å². The third-order valence-electron chi connectivity index (χ3n) is 2.77. The highest BCUT2D eigenvalue weighted by molar-refractivity contribution is 6.05. The van der Waals surface area contributed by atoms with E-state index in [1.807, 2.05) is 12.1 Å². The van der Waals surface area contributed by atoms with Gasteiger partial charge in [-0.25, -0.2) is 0 Å². The number of benzene rings is 2. The molecule has 5 heteroatoms. The van der Waals surface area contributed by atoms with E-state index in [0.29, 0.717) is 11.3 Å². The molecule has 0 spiro atoms. The minimum atomic E-state index is -0.505. The molecule has 0 saturated heterocycles. The van der Waals surface area contributed by atoms with Crippen molar-refractivity contribution in [3.63, 3.8) is 0 Å². The van der Waals surface area contributed by atoms with Gasteiger partial charge in [-0.15, -0.1) is 0 Å². The first-order chi connectivity index (χ1) is 9.61. The zero-order chi connectivity index (χ0) is 14.5. The molecular formula is C15H12N2O3. The quantitative estimate of drug-likeness (QED) is 0.681. The van der Waals surface area contributed by atoms with Crippen LogP contribution in [0.25, 0.3) is 6.08 Å². The first kappa shape index (κ1) is 13.5. The van der Waals surface area contributed by atoms with Crippen molar-refractivity contribution in [1.29, 1.82) is 0 Å². The summed E-state index contributed by atoms with van der Waals surface area (Å²) in [6.45, 7) is 3.68. The van der Waals surface area contributed by atoms with Crippen LogP contribution in [0.2, 0.25) is 0 Å². The summed E-state index contributed by atoms with van der Waals surface area (Å²) < 4.78 is 0. The molecule has 100 valence electrons. The minimum absolute atomic E-state index is 0.0481. The molecule has 0 atom stereocenters. The number of rotatable bonds is 4. The van der Waals surface area contributed by atoms with E-state index in [-0.39, 0.29) is 11.6 Å². The summed E-state index contributed by atoms with van der Waals surface area (Å²) in [6.07, 6.45) is 1.64. The summed E-state index contributed by atoms with van der Waals surface area (Å²) >= 11 is 0. The van der Waals surface area contributed by atoms with E-state index in [2.05, 4.69) is 11.9 Å². The van der Waals surface area contributed by atoms with Crippen molar-refractivity contribution in [2.45, 2.75) is 0 Å². The average molecular weight is 268 g/mol. The number of anilines is 1. The van der Waals surface area contributed by atoms with Crippen molar-refractivity contribution in [3.05, 3.63) is 76.4 Å². The van der Waals surface area contributed by atoms with Crippen LogP contribution < -0.4 is 5.32 Å². The van der Waals surface area contributed by atoms with Gasteiger partial charge in [0, 0.05) is 23.4 Å². The molecule has 0 aliphatic heterocycles. The Kier molecular flexibility index (Phi) is 3.91. The number of para-hydroxylation sites is 1.